The van der Waals surface area contributed by atoms with Crippen LogP contribution in [0.5, 0.6) is 0 Å². The summed E-state index contributed by atoms with van der Waals surface area (Å²) in [5.41, 5.74) is 8.36. The smallest absolute Gasteiger partial charge is 0.237 e. The van der Waals surface area contributed by atoms with Gasteiger partial charge in [0, 0.05) is 0 Å². The minimum atomic E-state index is -0.467. The van der Waals surface area contributed by atoms with Crippen LogP contribution in [0, 0.1) is 5.41 Å². The third kappa shape index (κ3) is 2.56. The van der Waals surface area contributed by atoms with E-state index < -0.39 is 6.04 Å². The quantitative estimate of drug-likeness (QED) is 0.840. The van der Waals surface area contributed by atoms with Crippen LogP contribution in [0.25, 0.3) is 0 Å². The number of carbonyl (C=O) groups excluding carboxylic acids is 1. The first-order valence-corrected chi connectivity index (χ1v) is 6.53. The van der Waals surface area contributed by atoms with Gasteiger partial charge in [-0.15, -0.1) is 0 Å². The van der Waals surface area contributed by atoms with Gasteiger partial charge in [0.2, 0.25) is 5.91 Å². The highest BCUT2D eigenvalue weighted by atomic mass is 16.2. The molecule has 3 N–H and O–H groups in total. The number of amides is 1. The Bertz CT molecular complexity index is 448. The summed E-state index contributed by atoms with van der Waals surface area (Å²) in [6, 6.07) is 7.95. The molecule has 0 fully saturated rings. The van der Waals surface area contributed by atoms with Crippen molar-refractivity contribution in [3.8, 4) is 0 Å². The topological polar surface area (TPSA) is 55.1 Å². The molecule has 0 heterocycles. The molecular formula is C15H22N2O. The molecule has 2 rings (SSSR count). The predicted octanol–water partition coefficient (Wildman–Crippen LogP) is 2.16. The fraction of sp³-hybridized carbons (Fsp3) is 0.533. The van der Waals surface area contributed by atoms with Crippen LogP contribution in [0.1, 0.15) is 44.4 Å². The summed E-state index contributed by atoms with van der Waals surface area (Å²) in [6.45, 7) is 5.96. The second-order valence-electron chi connectivity index (χ2n) is 6.14. The summed E-state index contributed by atoms with van der Waals surface area (Å²) in [5.74, 6) is -0.0517. The molecule has 1 aliphatic rings. The van der Waals surface area contributed by atoms with Gasteiger partial charge in [-0.05, 0) is 29.4 Å². The summed E-state index contributed by atoms with van der Waals surface area (Å²) in [4.78, 5) is 12.1. The second-order valence-corrected chi connectivity index (χ2v) is 6.14. The Hall–Kier alpha value is -1.35. The van der Waals surface area contributed by atoms with Gasteiger partial charge >= 0.3 is 0 Å². The minimum absolute atomic E-state index is 0.0517. The molecule has 1 aromatic rings. The van der Waals surface area contributed by atoms with E-state index in [1.165, 1.54) is 11.1 Å². The lowest BCUT2D eigenvalue weighted by molar-refractivity contribution is -0.125. The molecule has 0 aromatic heterocycles. The van der Waals surface area contributed by atoms with Crippen molar-refractivity contribution in [3.63, 3.8) is 0 Å². The number of rotatable bonds is 2. The van der Waals surface area contributed by atoms with Crippen LogP contribution in [0.3, 0.4) is 0 Å². The van der Waals surface area contributed by atoms with E-state index in [4.69, 9.17) is 5.73 Å². The van der Waals surface area contributed by atoms with E-state index >= 15 is 0 Å². The second kappa shape index (κ2) is 4.73. The number of aryl methyl sites for hydroxylation is 1. The van der Waals surface area contributed by atoms with E-state index in [0.717, 1.165) is 12.8 Å². The molecule has 1 aliphatic carbocycles. The van der Waals surface area contributed by atoms with Gasteiger partial charge in [0.05, 0.1) is 12.1 Å². The van der Waals surface area contributed by atoms with Crippen LogP contribution >= 0.6 is 0 Å². The predicted molar refractivity (Wildman–Crippen MR) is 73.1 cm³/mol. The number of hydrogen-bond donors (Lipinski definition) is 2. The van der Waals surface area contributed by atoms with E-state index in [0.29, 0.717) is 0 Å². The summed E-state index contributed by atoms with van der Waals surface area (Å²) in [6.07, 6.45) is 2.01. The number of nitrogens with one attached hydrogen (secondary N) is 1. The van der Waals surface area contributed by atoms with Crippen molar-refractivity contribution in [1.82, 2.24) is 5.32 Å². The van der Waals surface area contributed by atoms with Crippen molar-refractivity contribution >= 4 is 5.91 Å². The minimum Gasteiger partial charge on any atom is -0.348 e. The van der Waals surface area contributed by atoms with Gasteiger partial charge in [0.1, 0.15) is 0 Å². The van der Waals surface area contributed by atoms with Crippen LogP contribution in [0.2, 0.25) is 0 Å². The standard InChI is InChI=1S/C15H22N2O/c1-15(2,3)13(16)14(18)17-12-9-8-10-6-4-5-7-11(10)12/h4-7,12-13H,8-9,16H2,1-3H3,(H,17,18)/t12-,13+/m0/s1. The molecule has 0 bridgehead atoms. The monoisotopic (exact) mass is 246 g/mol. The van der Waals surface area contributed by atoms with Gasteiger partial charge < -0.3 is 11.1 Å². The van der Waals surface area contributed by atoms with E-state index in [1.807, 2.05) is 32.9 Å². The number of carbonyl (C=O) groups is 1. The molecule has 0 saturated heterocycles. The first kappa shape index (κ1) is 13.1. The van der Waals surface area contributed by atoms with Gasteiger partial charge in [-0.2, -0.15) is 0 Å². The van der Waals surface area contributed by atoms with Crippen LogP contribution < -0.4 is 11.1 Å². The first-order valence-electron chi connectivity index (χ1n) is 6.53. The maximum Gasteiger partial charge on any atom is 0.237 e. The average molecular weight is 246 g/mol. The van der Waals surface area contributed by atoms with Crippen LogP contribution in [0.15, 0.2) is 24.3 Å². The van der Waals surface area contributed by atoms with Crippen molar-refractivity contribution < 1.29 is 4.79 Å². The summed E-state index contributed by atoms with van der Waals surface area (Å²) >= 11 is 0. The highest BCUT2D eigenvalue weighted by Crippen LogP contribution is 2.31. The van der Waals surface area contributed by atoms with Crippen molar-refractivity contribution in [1.29, 1.82) is 0 Å². The molecule has 3 heteroatoms. The van der Waals surface area contributed by atoms with Crippen molar-refractivity contribution in [2.24, 2.45) is 11.1 Å². The maximum absolute atomic E-state index is 12.1. The highest BCUT2D eigenvalue weighted by Gasteiger charge is 2.30. The number of fused-ring (bicyclic) bond motifs is 1. The molecule has 1 aromatic carbocycles. The molecule has 2 atom stereocenters. The Labute approximate surface area is 109 Å². The van der Waals surface area contributed by atoms with Crippen LogP contribution in [-0.4, -0.2) is 11.9 Å². The Balaban J connectivity index is 2.06. The Kier molecular flexibility index (Phi) is 3.44. The SMILES string of the molecule is CC(C)(C)[C@H](N)C(=O)N[C@H]1CCc2ccccc21. The lowest BCUT2D eigenvalue weighted by Gasteiger charge is -2.27. The van der Waals surface area contributed by atoms with E-state index in [2.05, 4.69) is 17.4 Å². The molecule has 0 spiro atoms. The summed E-state index contributed by atoms with van der Waals surface area (Å²) in [5, 5.41) is 3.08. The lowest BCUT2D eigenvalue weighted by Crippen LogP contribution is -2.49. The Morgan fingerprint density at radius 3 is 2.72 bits per heavy atom. The molecule has 0 saturated carbocycles. The summed E-state index contributed by atoms with van der Waals surface area (Å²) < 4.78 is 0. The zero-order chi connectivity index (χ0) is 13.3. The van der Waals surface area contributed by atoms with E-state index in [9.17, 15) is 4.79 Å². The third-order valence-corrected chi connectivity index (χ3v) is 3.66. The fourth-order valence-electron chi connectivity index (χ4n) is 2.36. The zero-order valence-corrected chi connectivity index (χ0v) is 11.4. The van der Waals surface area contributed by atoms with Gasteiger partial charge in [0.15, 0.2) is 0 Å². The Morgan fingerprint density at radius 2 is 2.06 bits per heavy atom. The van der Waals surface area contributed by atoms with Gasteiger partial charge in [-0.1, -0.05) is 45.0 Å². The number of benzene rings is 1. The third-order valence-electron chi connectivity index (χ3n) is 3.66. The number of hydrogen-bond acceptors (Lipinski definition) is 2. The first-order chi connectivity index (χ1) is 8.39. The molecule has 0 radical (unpaired) electrons. The van der Waals surface area contributed by atoms with E-state index in [-0.39, 0.29) is 17.4 Å². The molecular weight excluding hydrogens is 224 g/mol. The zero-order valence-electron chi connectivity index (χ0n) is 11.4. The van der Waals surface area contributed by atoms with Crippen molar-refractivity contribution in [2.45, 2.75) is 45.7 Å². The normalized spacial score (nSPS) is 20.3. The van der Waals surface area contributed by atoms with Gasteiger partial charge in [0.25, 0.3) is 0 Å². The molecule has 98 valence electrons. The van der Waals surface area contributed by atoms with Crippen LogP contribution in [-0.2, 0) is 11.2 Å². The van der Waals surface area contributed by atoms with Crippen molar-refractivity contribution in [2.75, 3.05) is 0 Å². The lowest BCUT2D eigenvalue weighted by atomic mass is 9.86. The average Bonchev–Trinajstić information content (AvgIpc) is 2.70. The number of nitrogens with two attached hydrogens (primary N) is 1. The van der Waals surface area contributed by atoms with Crippen LogP contribution in [0.4, 0.5) is 0 Å². The maximum atomic E-state index is 12.1. The van der Waals surface area contributed by atoms with Crippen molar-refractivity contribution in [3.05, 3.63) is 35.4 Å². The molecule has 1 amide bonds. The van der Waals surface area contributed by atoms with E-state index in [1.54, 1.807) is 0 Å². The largest absolute Gasteiger partial charge is 0.348 e. The summed E-state index contributed by atoms with van der Waals surface area (Å²) in [7, 11) is 0. The molecule has 3 nitrogen and oxygen atoms in total. The fourth-order valence-corrected chi connectivity index (χ4v) is 2.36. The van der Waals surface area contributed by atoms with Gasteiger partial charge in [-0.3, -0.25) is 4.79 Å². The highest BCUT2D eigenvalue weighted by molar-refractivity contribution is 5.82. The van der Waals surface area contributed by atoms with Gasteiger partial charge in [-0.25, -0.2) is 0 Å². The Morgan fingerprint density at radius 1 is 1.39 bits per heavy atom. The molecule has 0 unspecified atom stereocenters. The molecule has 18 heavy (non-hydrogen) atoms. The molecule has 0 aliphatic heterocycles.